The molecule has 3 amide bonds. The van der Waals surface area contributed by atoms with Crippen molar-refractivity contribution in [3.05, 3.63) is 90.3 Å². The number of carbonyl (C=O) groups excluding carboxylic acids is 3. The van der Waals surface area contributed by atoms with Gasteiger partial charge in [0.15, 0.2) is 0 Å². The van der Waals surface area contributed by atoms with Crippen molar-refractivity contribution in [3.63, 3.8) is 0 Å². The normalized spacial score (nSPS) is 13.8. The van der Waals surface area contributed by atoms with E-state index >= 15 is 0 Å². The van der Waals surface area contributed by atoms with E-state index in [9.17, 15) is 34.2 Å². The first-order valence-corrected chi connectivity index (χ1v) is 14.8. The van der Waals surface area contributed by atoms with E-state index < -0.39 is 60.2 Å². The highest BCUT2D eigenvalue weighted by Crippen LogP contribution is 2.21. The van der Waals surface area contributed by atoms with E-state index in [1.54, 1.807) is 24.5 Å². The number of carbonyl (C=O) groups is 5. The molecule has 0 spiro atoms. The first-order chi connectivity index (χ1) is 22.6. The Morgan fingerprint density at radius 3 is 1.79 bits per heavy atom. The first kappa shape index (κ1) is 32.4. The van der Waals surface area contributed by atoms with Gasteiger partial charge >= 0.3 is 11.9 Å². The second-order valence-corrected chi connectivity index (χ2v) is 11.1. The summed E-state index contributed by atoms with van der Waals surface area (Å²) in [6.07, 6.45) is 5.40. The number of benzene rings is 2. The lowest BCUT2D eigenvalue weighted by Gasteiger charge is -2.24. The summed E-state index contributed by atoms with van der Waals surface area (Å²) in [4.78, 5) is 77.0. The standard InChI is InChI=1S/C32H34N8O7/c33-22(11-19-15-34-16-37-19)29(43)38-25(9-17-13-35-23-7-3-1-5-20(17)23)30(44)39-26(12-28(41)42)31(45)40-27(32(46)47)10-18-14-36-24-8-4-2-6-21(18)24/h1-8,13-16,22,25-27,35-36H,9-12,33H2,(H,34,37)(H,38,43)(H,39,44)(H,40,45)(H,41,42)(H,46,47). The molecule has 4 atom stereocenters. The quantitative estimate of drug-likeness (QED) is 0.0780. The van der Waals surface area contributed by atoms with Crippen LogP contribution in [0, 0.1) is 0 Å². The zero-order chi connectivity index (χ0) is 33.5. The molecule has 4 unspecified atom stereocenters. The average molecular weight is 643 g/mol. The first-order valence-electron chi connectivity index (χ1n) is 14.8. The van der Waals surface area contributed by atoms with Crippen molar-refractivity contribution in [1.29, 1.82) is 0 Å². The minimum atomic E-state index is -1.66. The lowest BCUT2D eigenvalue weighted by Crippen LogP contribution is -2.58. The van der Waals surface area contributed by atoms with E-state index in [2.05, 4.69) is 35.9 Å². The van der Waals surface area contributed by atoms with Crippen LogP contribution in [0.3, 0.4) is 0 Å². The number of nitrogens with zero attached hydrogens (tertiary/aromatic N) is 1. The Bertz CT molecular complexity index is 1900. The van der Waals surface area contributed by atoms with Crippen LogP contribution in [0.5, 0.6) is 0 Å². The third-order valence-electron chi connectivity index (χ3n) is 7.79. The maximum atomic E-state index is 13.7. The molecule has 0 saturated heterocycles. The zero-order valence-corrected chi connectivity index (χ0v) is 25.0. The van der Waals surface area contributed by atoms with Crippen molar-refractivity contribution >= 4 is 51.5 Å². The van der Waals surface area contributed by atoms with Gasteiger partial charge in [0.2, 0.25) is 17.7 Å². The van der Waals surface area contributed by atoms with E-state index in [0.29, 0.717) is 16.8 Å². The molecule has 0 saturated carbocycles. The predicted molar refractivity (Wildman–Crippen MR) is 170 cm³/mol. The summed E-state index contributed by atoms with van der Waals surface area (Å²) in [5.41, 5.74) is 9.58. The summed E-state index contributed by atoms with van der Waals surface area (Å²) in [6, 6.07) is 9.13. The number of aromatic nitrogens is 4. The number of nitrogens with one attached hydrogen (secondary N) is 6. The molecule has 5 rings (SSSR count). The molecule has 244 valence electrons. The number of nitrogens with two attached hydrogens (primary N) is 1. The van der Waals surface area contributed by atoms with Gasteiger partial charge in [-0.2, -0.15) is 0 Å². The van der Waals surface area contributed by atoms with Crippen LogP contribution in [0.4, 0.5) is 0 Å². The molecule has 3 heterocycles. The number of hydrogen-bond donors (Lipinski definition) is 9. The summed E-state index contributed by atoms with van der Waals surface area (Å²) in [6.45, 7) is 0. The van der Waals surface area contributed by atoms with Gasteiger partial charge in [-0.1, -0.05) is 36.4 Å². The molecule has 5 aromatic rings. The second-order valence-electron chi connectivity index (χ2n) is 11.1. The summed E-state index contributed by atoms with van der Waals surface area (Å²) in [5.74, 6) is -5.29. The lowest BCUT2D eigenvalue weighted by atomic mass is 10.0. The summed E-state index contributed by atoms with van der Waals surface area (Å²) < 4.78 is 0. The van der Waals surface area contributed by atoms with Crippen molar-refractivity contribution in [3.8, 4) is 0 Å². The van der Waals surface area contributed by atoms with Crippen molar-refractivity contribution in [2.75, 3.05) is 0 Å². The number of aromatic amines is 3. The van der Waals surface area contributed by atoms with Gasteiger partial charge in [-0.25, -0.2) is 9.78 Å². The number of fused-ring (bicyclic) bond motifs is 2. The predicted octanol–water partition coefficient (Wildman–Crippen LogP) is 0.741. The van der Waals surface area contributed by atoms with E-state index in [-0.39, 0.29) is 19.3 Å². The smallest absolute Gasteiger partial charge is 0.326 e. The number of para-hydroxylation sites is 2. The second kappa shape index (κ2) is 14.4. The number of imidazole rings is 1. The fourth-order valence-electron chi connectivity index (χ4n) is 5.38. The fraction of sp³-hybridized carbons (Fsp3) is 0.250. The number of aliphatic carboxylic acids is 2. The Kier molecular flexibility index (Phi) is 9.96. The third kappa shape index (κ3) is 8.01. The fourth-order valence-corrected chi connectivity index (χ4v) is 5.38. The Labute approximate surface area is 267 Å². The van der Waals surface area contributed by atoms with Crippen LogP contribution in [0.25, 0.3) is 21.8 Å². The molecule has 47 heavy (non-hydrogen) atoms. The highest BCUT2D eigenvalue weighted by Gasteiger charge is 2.32. The Morgan fingerprint density at radius 2 is 1.23 bits per heavy atom. The molecule has 15 nitrogen and oxygen atoms in total. The SMILES string of the molecule is NC(Cc1cnc[nH]1)C(=O)NC(Cc1c[nH]c2ccccc12)C(=O)NC(CC(=O)O)C(=O)NC(Cc1c[nH]c2ccccc12)C(=O)O. The molecule has 0 aliphatic carbocycles. The Morgan fingerprint density at radius 1 is 0.702 bits per heavy atom. The van der Waals surface area contributed by atoms with Gasteiger partial charge in [0.05, 0.1) is 18.8 Å². The van der Waals surface area contributed by atoms with Gasteiger partial charge in [0.1, 0.15) is 18.1 Å². The van der Waals surface area contributed by atoms with E-state index in [1.165, 1.54) is 12.5 Å². The highest BCUT2D eigenvalue weighted by molar-refractivity contribution is 5.96. The zero-order valence-electron chi connectivity index (χ0n) is 25.0. The van der Waals surface area contributed by atoms with E-state index in [0.717, 1.165) is 21.8 Å². The van der Waals surface area contributed by atoms with E-state index in [1.807, 2.05) is 36.4 Å². The number of H-pyrrole nitrogens is 3. The number of carboxylic acid groups (broad SMARTS) is 2. The molecule has 15 heteroatoms. The van der Waals surface area contributed by atoms with Gasteiger partial charge in [0, 0.05) is 65.4 Å². The molecule has 0 bridgehead atoms. The highest BCUT2D eigenvalue weighted by atomic mass is 16.4. The minimum Gasteiger partial charge on any atom is -0.481 e. The topological polar surface area (TPSA) is 248 Å². The molecule has 10 N–H and O–H groups in total. The number of hydrogen-bond acceptors (Lipinski definition) is 7. The van der Waals surface area contributed by atoms with Crippen LogP contribution in [0.15, 0.2) is 73.4 Å². The molecule has 2 aromatic carbocycles. The van der Waals surface area contributed by atoms with Gasteiger partial charge in [0.25, 0.3) is 0 Å². The minimum absolute atomic E-state index is 0.0297. The number of amides is 3. The summed E-state index contributed by atoms with van der Waals surface area (Å²) >= 11 is 0. The summed E-state index contributed by atoms with van der Waals surface area (Å²) in [7, 11) is 0. The van der Waals surface area contributed by atoms with Crippen LogP contribution >= 0.6 is 0 Å². The van der Waals surface area contributed by atoms with Gasteiger partial charge in [-0.3, -0.25) is 19.2 Å². The molecular formula is C32H34N8O7. The third-order valence-corrected chi connectivity index (χ3v) is 7.79. The number of rotatable bonds is 15. The lowest BCUT2D eigenvalue weighted by molar-refractivity contribution is -0.143. The van der Waals surface area contributed by atoms with Crippen LogP contribution in [0.1, 0.15) is 23.2 Å². The Balaban J connectivity index is 1.34. The molecule has 0 fully saturated rings. The van der Waals surface area contributed by atoms with Gasteiger partial charge in [-0.15, -0.1) is 0 Å². The molecule has 0 aliphatic heterocycles. The molecule has 3 aromatic heterocycles. The van der Waals surface area contributed by atoms with Crippen molar-refractivity contribution in [2.45, 2.75) is 49.9 Å². The average Bonchev–Trinajstić information content (AvgIpc) is 3.80. The maximum Gasteiger partial charge on any atom is 0.326 e. The molecular weight excluding hydrogens is 608 g/mol. The van der Waals surface area contributed by atoms with Crippen LogP contribution in [-0.2, 0) is 43.2 Å². The number of carboxylic acids is 2. The molecule has 0 radical (unpaired) electrons. The van der Waals surface area contributed by atoms with Crippen LogP contribution < -0.4 is 21.7 Å². The van der Waals surface area contributed by atoms with Gasteiger partial charge in [-0.05, 0) is 23.3 Å². The molecule has 0 aliphatic rings. The van der Waals surface area contributed by atoms with Crippen molar-refractivity contribution in [1.82, 2.24) is 35.9 Å². The van der Waals surface area contributed by atoms with Crippen LogP contribution in [0.2, 0.25) is 0 Å². The van der Waals surface area contributed by atoms with Gasteiger partial charge < -0.3 is 46.8 Å². The van der Waals surface area contributed by atoms with Crippen molar-refractivity contribution in [2.24, 2.45) is 5.73 Å². The largest absolute Gasteiger partial charge is 0.481 e. The van der Waals surface area contributed by atoms with Crippen LogP contribution in [-0.4, -0.2) is 84.0 Å². The maximum absolute atomic E-state index is 13.7. The van der Waals surface area contributed by atoms with Crippen molar-refractivity contribution < 1.29 is 34.2 Å². The monoisotopic (exact) mass is 642 g/mol. The summed E-state index contributed by atoms with van der Waals surface area (Å²) in [5, 5.41) is 28.5. The Hall–Kier alpha value is -5.96. The van der Waals surface area contributed by atoms with E-state index in [4.69, 9.17) is 5.73 Å².